The molecule has 0 radical (unpaired) electrons. The van der Waals surface area contributed by atoms with E-state index in [1.807, 2.05) is 0 Å². The number of halogens is 3. The number of fused-ring (bicyclic) bond motifs is 1. The van der Waals surface area contributed by atoms with Gasteiger partial charge in [0.15, 0.2) is 0 Å². The van der Waals surface area contributed by atoms with Crippen LogP contribution in [-0.4, -0.2) is 27.5 Å². The first kappa shape index (κ1) is 14.9. The third kappa shape index (κ3) is 3.26. The van der Waals surface area contributed by atoms with E-state index >= 15 is 0 Å². The van der Waals surface area contributed by atoms with Crippen molar-refractivity contribution in [3.8, 4) is 0 Å². The fourth-order valence-corrected chi connectivity index (χ4v) is 4.41. The quantitative estimate of drug-likeness (QED) is 0.903. The average molecular weight is 315 g/mol. The Kier molecular flexibility index (Phi) is 4.01. The predicted octanol–water partition coefficient (Wildman–Crippen LogP) is 3.68. The minimum Gasteiger partial charge on any atom is -0.393 e. The molecule has 6 heteroatoms. The molecule has 1 aromatic rings. The van der Waals surface area contributed by atoms with E-state index in [4.69, 9.17) is 0 Å². The third-order valence-corrected chi connectivity index (χ3v) is 5.32. The number of aliphatic hydroxyl groups excluding tert-OH is 1. The van der Waals surface area contributed by atoms with E-state index in [0.29, 0.717) is 6.42 Å². The lowest BCUT2D eigenvalue weighted by molar-refractivity contribution is -0.138. The molecular weight excluding hydrogens is 299 g/mol. The third-order valence-electron chi connectivity index (χ3n) is 3.99. The van der Waals surface area contributed by atoms with Gasteiger partial charge in [0.25, 0.3) is 0 Å². The molecule has 1 saturated carbocycles. The highest BCUT2D eigenvalue weighted by molar-refractivity contribution is 8.14. The van der Waals surface area contributed by atoms with Gasteiger partial charge in [-0.3, -0.25) is 4.99 Å². The highest BCUT2D eigenvalue weighted by Gasteiger charge is 2.37. The van der Waals surface area contributed by atoms with E-state index < -0.39 is 11.7 Å². The van der Waals surface area contributed by atoms with Gasteiger partial charge in [-0.05, 0) is 30.9 Å². The second kappa shape index (κ2) is 5.65. The van der Waals surface area contributed by atoms with Crippen molar-refractivity contribution in [2.45, 2.75) is 49.3 Å². The molecule has 0 saturated heterocycles. The Balaban J connectivity index is 1.77. The normalized spacial score (nSPS) is 29.1. The first-order valence-electron chi connectivity index (χ1n) is 7.00. The van der Waals surface area contributed by atoms with Crippen LogP contribution in [0.3, 0.4) is 0 Å². The summed E-state index contributed by atoms with van der Waals surface area (Å²) in [6.07, 6.45) is -2.16. The molecule has 0 aromatic heterocycles. The molecule has 0 amide bonds. The molecule has 0 bridgehead atoms. The fourth-order valence-electron chi connectivity index (χ4n) is 2.96. The van der Waals surface area contributed by atoms with Gasteiger partial charge in [-0.25, -0.2) is 0 Å². The number of nitrogens with zero attached hydrogens (tertiary/aromatic N) is 1. The zero-order valence-electron chi connectivity index (χ0n) is 11.3. The van der Waals surface area contributed by atoms with Crippen LogP contribution in [0.25, 0.3) is 0 Å². The summed E-state index contributed by atoms with van der Waals surface area (Å²) in [4.78, 5) is 4.56. The molecule has 3 unspecified atom stereocenters. The molecule has 1 aliphatic carbocycles. The average Bonchev–Trinajstić information content (AvgIpc) is 2.79. The summed E-state index contributed by atoms with van der Waals surface area (Å²) in [5.74, 6) is 0. The molecule has 2 aliphatic rings. The van der Waals surface area contributed by atoms with Crippen LogP contribution in [0, 0.1) is 0 Å². The number of aliphatic hydroxyl groups is 1. The van der Waals surface area contributed by atoms with Crippen LogP contribution < -0.4 is 0 Å². The van der Waals surface area contributed by atoms with Crippen molar-refractivity contribution in [3.63, 3.8) is 0 Å². The predicted molar refractivity (Wildman–Crippen MR) is 77.6 cm³/mol. The maximum absolute atomic E-state index is 13.0. The van der Waals surface area contributed by atoms with Crippen molar-refractivity contribution < 1.29 is 18.3 Å². The van der Waals surface area contributed by atoms with E-state index in [1.54, 1.807) is 6.07 Å². The topological polar surface area (TPSA) is 32.6 Å². The minimum absolute atomic E-state index is 0.159. The minimum atomic E-state index is -4.33. The van der Waals surface area contributed by atoms with E-state index in [9.17, 15) is 18.3 Å². The van der Waals surface area contributed by atoms with Gasteiger partial charge in [-0.15, -0.1) is 11.8 Å². The Bertz CT molecular complexity index is 558. The molecule has 21 heavy (non-hydrogen) atoms. The maximum atomic E-state index is 13.0. The van der Waals surface area contributed by atoms with Crippen LogP contribution in [0.15, 0.2) is 29.3 Å². The molecule has 1 aromatic carbocycles. The Morgan fingerprint density at radius 1 is 1.24 bits per heavy atom. The molecule has 1 heterocycles. The zero-order valence-corrected chi connectivity index (χ0v) is 12.1. The molecule has 2 nitrogen and oxygen atoms in total. The summed E-state index contributed by atoms with van der Waals surface area (Å²) >= 11 is 1.54. The van der Waals surface area contributed by atoms with Gasteiger partial charge in [0.05, 0.1) is 22.8 Å². The second-order valence-corrected chi connectivity index (χ2v) is 6.86. The molecule has 1 fully saturated rings. The van der Waals surface area contributed by atoms with Gasteiger partial charge < -0.3 is 5.11 Å². The van der Waals surface area contributed by atoms with Crippen LogP contribution in [-0.2, 0) is 12.6 Å². The lowest BCUT2D eigenvalue weighted by atomic mass is 9.93. The second-order valence-electron chi connectivity index (χ2n) is 5.55. The number of aliphatic imine (C=N–C) groups is 1. The van der Waals surface area contributed by atoms with Crippen LogP contribution in [0.4, 0.5) is 13.2 Å². The molecule has 1 N–H and O–H groups in total. The van der Waals surface area contributed by atoms with Crippen molar-refractivity contribution in [2.24, 2.45) is 4.99 Å². The molecule has 3 atom stereocenters. The molecule has 3 rings (SSSR count). The van der Waals surface area contributed by atoms with Gasteiger partial charge in [-0.1, -0.05) is 18.2 Å². The summed E-state index contributed by atoms with van der Waals surface area (Å²) in [5, 5.41) is 10.7. The zero-order chi connectivity index (χ0) is 15.0. The molecular formula is C15H16F3NOS. The van der Waals surface area contributed by atoms with E-state index in [-0.39, 0.29) is 29.4 Å². The number of benzene rings is 1. The Labute approximate surface area is 125 Å². The van der Waals surface area contributed by atoms with Gasteiger partial charge in [0.2, 0.25) is 0 Å². The highest BCUT2D eigenvalue weighted by Crippen LogP contribution is 2.39. The lowest BCUT2D eigenvalue weighted by Crippen LogP contribution is -2.30. The highest BCUT2D eigenvalue weighted by atomic mass is 32.2. The van der Waals surface area contributed by atoms with Crippen LogP contribution in [0.2, 0.25) is 0 Å². The van der Waals surface area contributed by atoms with Gasteiger partial charge in [-0.2, -0.15) is 13.2 Å². The number of hydrogen-bond acceptors (Lipinski definition) is 3. The maximum Gasteiger partial charge on any atom is 0.416 e. The van der Waals surface area contributed by atoms with Crippen LogP contribution in [0.5, 0.6) is 0 Å². The first-order chi connectivity index (χ1) is 9.93. The largest absolute Gasteiger partial charge is 0.416 e. The summed E-state index contributed by atoms with van der Waals surface area (Å²) in [7, 11) is 0. The number of rotatable bonds is 2. The van der Waals surface area contributed by atoms with Crippen molar-refractivity contribution in [1.82, 2.24) is 0 Å². The van der Waals surface area contributed by atoms with Gasteiger partial charge in [0, 0.05) is 11.7 Å². The Hall–Kier alpha value is -1.01. The molecule has 0 spiro atoms. The van der Waals surface area contributed by atoms with Crippen LogP contribution >= 0.6 is 11.8 Å². The Morgan fingerprint density at radius 2 is 2.00 bits per heavy atom. The monoisotopic (exact) mass is 315 g/mol. The van der Waals surface area contributed by atoms with Gasteiger partial charge in [0.1, 0.15) is 0 Å². The summed E-state index contributed by atoms with van der Waals surface area (Å²) in [6, 6.07) is 5.83. The number of hydrogen-bond donors (Lipinski definition) is 1. The molecule has 1 aliphatic heterocycles. The summed E-state index contributed by atoms with van der Waals surface area (Å²) in [5.41, 5.74) is -0.307. The van der Waals surface area contributed by atoms with Gasteiger partial charge >= 0.3 is 6.18 Å². The van der Waals surface area contributed by atoms with E-state index in [2.05, 4.69) is 4.99 Å². The smallest absolute Gasteiger partial charge is 0.393 e. The molecule has 114 valence electrons. The van der Waals surface area contributed by atoms with Crippen molar-refractivity contribution >= 4 is 16.8 Å². The fraction of sp³-hybridized carbons (Fsp3) is 0.533. The lowest BCUT2D eigenvalue weighted by Gasteiger charge is -2.26. The van der Waals surface area contributed by atoms with Crippen molar-refractivity contribution in [1.29, 1.82) is 0 Å². The first-order valence-corrected chi connectivity index (χ1v) is 7.88. The van der Waals surface area contributed by atoms with Crippen molar-refractivity contribution in [3.05, 3.63) is 35.4 Å². The summed E-state index contributed by atoms with van der Waals surface area (Å²) < 4.78 is 39.0. The summed E-state index contributed by atoms with van der Waals surface area (Å²) in [6.45, 7) is 0. The SMILES string of the molecule is OC1CCC2N=C(Cc3ccccc3C(F)(F)F)SC2C1. The number of alkyl halides is 3. The Morgan fingerprint density at radius 3 is 2.76 bits per heavy atom. The van der Waals surface area contributed by atoms with E-state index in [1.165, 1.54) is 23.9 Å². The number of thioether (sulfide) groups is 1. The van der Waals surface area contributed by atoms with Crippen LogP contribution in [0.1, 0.15) is 30.4 Å². The standard InChI is InChI=1S/C15H16F3NOS/c16-15(17,18)11-4-2-1-3-9(11)7-14-19-12-6-5-10(20)8-13(12)21-14/h1-4,10,12-13,20H,5-8H2. The van der Waals surface area contributed by atoms with E-state index in [0.717, 1.165) is 24.0 Å². The van der Waals surface area contributed by atoms with Crippen molar-refractivity contribution in [2.75, 3.05) is 0 Å².